The van der Waals surface area contributed by atoms with Gasteiger partial charge in [-0.1, -0.05) is 37.6 Å². The maximum Gasteiger partial charge on any atom is -0.0162 e. The van der Waals surface area contributed by atoms with Crippen molar-refractivity contribution < 1.29 is 0 Å². The monoisotopic (exact) mass is 162 g/mol. The van der Waals surface area contributed by atoms with Gasteiger partial charge in [-0.3, -0.25) is 0 Å². The van der Waals surface area contributed by atoms with Crippen molar-refractivity contribution in [1.82, 2.24) is 0 Å². The third-order valence-corrected chi connectivity index (χ3v) is 3.32. The van der Waals surface area contributed by atoms with Crippen molar-refractivity contribution in [2.45, 2.75) is 33.1 Å². The van der Waals surface area contributed by atoms with Gasteiger partial charge in [-0.25, -0.2) is 0 Å². The molecular weight excluding hydrogens is 144 g/mol. The van der Waals surface area contributed by atoms with Crippen LogP contribution in [0.5, 0.6) is 0 Å². The second-order valence-electron chi connectivity index (χ2n) is 4.46. The fraction of sp³-hybridized carbons (Fsp3) is 0.667. The van der Waals surface area contributed by atoms with Gasteiger partial charge in [-0.2, -0.15) is 0 Å². The van der Waals surface area contributed by atoms with E-state index in [1.54, 1.807) is 5.57 Å². The Morgan fingerprint density at radius 1 is 1.33 bits per heavy atom. The van der Waals surface area contributed by atoms with E-state index in [9.17, 15) is 0 Å². The molecule has 2 aliphatic rings. The summed E-state index contributed by atoms with van der Waals surface area (Å²) in [6, 6.07) is 0. The van der Waals surface area contributed by atoms with Crippen LogP contribution in [-0.2, 0) is 0 Å². The minimum Gasteiger partial charge on any atom is -0.0879 e. The minimum absolute atomic E-state index is 0.764. The van der Waals surface area contributed by atoms with Gasteiger partial charge in [-0.15, -0.1) is 0 Å². The highest BCUT2D eigenvalue weighted by Gasteiger charge is 2.26. The van der Waals surface area contributed by atoms with Crippen LogP contribution < -0.4 is 0 Å². The van der Waals surface area contributed by atoms with Crippen molar-refractivity contribution >= 4 is 0 Å². The molecule has 66 valence electrons. The molecule has 2 rings (SSSR count). The van der Waals surface area contributed by atoms with E-state index in [1.165, 1.54) is 19.3 Å². The summed E-state index contributed by atoms with van der Waals surface area (Å²) in [5.41, 5.74) is 1.68. The number of rotatable bonds is 1. The second kappa shape index (κ2) is 3.08. The van der Waals surface area contributed by atoms with Gasteiger partial charge in [0.25, 0.3) is 0 Å². The molecule has 0 fully saturated rings. The Balaban J connectivity index is 2.08. The molecule has 0 aromatic rings. The molecular formula is C12H18. The van der Waals surface area contributed by atoms with Crippen molar-refractivity contribution in [2.75, 3.05) is 0 Å². The Hall–Kier alpha value is -0.520. The standard InChI is InChI=1S/C12H18/c1-9(2)11-7-6-10-4-3-5-12(10)8-11/h3,5,7,9-10,12H,4,6,8H2,1-2H3/t10-,12+/m0/s1. The van der Waals surface area contributed by atoms with Gasteiger partial charge in [-0.05, 0) is 37.0 Å². The van der Waals surface area contributed by atoms with Gasteiger partial charge >= 0.3 is 0 Å². The van der Waals surface area contributed by atoms with Crippen molar-refractivity contribution in [1.29, 1.82) is 0 Å². The molecule has 0 aromatic heterocycles. The van der Waals surface area contributed by atoms with Crippen LogP contribution in [0.25, 0.3) is 0 Å². The topological polar surface area (TPSA) is 0 Å². The smallest absolute Gasteiger partial charge is 0.0162 e. The molecule has 0 nitrogen and oxygen atoms in total. The summed E-state index contributed by atoms with van der Waals surface area (Å²) in [5, 5.41) is 0. The molecule has 0 saturated carbocycles. The van der Waals surface area contributed by atoms with E-state index in [4.69, 9.17) is 0 Å². The van der Waals surface area contributed by atoms with E-state index in [0.29, 0.717) is 0 Å². The molecule has 0 heteroatoms. The van der Waals surface area contributed by atoms with Crippen LogP contribution in [0, 0.1) is 17.8 Å². The molecule has 12 heavy (non-hydrogen) atoms. The summed E-state index contributed by atoms with van der Waals surface area (Å²) in [7, 11) is 0. The number of hydrogen-bond donors (Lipinski definition) is 0. The molecule has 0 heterocycles. The highest BCUT2D eigenvalue weighted by atomic mass is 14.3. The lowest BCUT2D eigenvalue weighted by atomic mass is 9.79. The summed E-state index contributed by atoms with van der Waals surface area (Å²) >= 11 is 0. The molecule has 0 aromatic carbocycles. The molecule has 0 spiro atoms. The lowest BCUT2D eigenvalue weighted by Gasteiger charge is -2.26. The quantitative estimate of drug-likeness (QED) is 0.517. The average Bonchev–Trinajstić information content (AvgIpc) is 2.49. The summed E-state index contributed by atoms with van der Waals surface area (Å²) in [6.07, 6.45) is 11.3. The zero-order valence-electron chi connectivity index (χ0n) is 8.09. The van der Waals surface area contributed by atoms with E-state index in [1.807, 2.05) is 0 Å². The average molecular weight is 162 g/mol. The first-order valence-corrected chi connectivity index (χ1v) is 5.13. The zero-order chi connectivity index (χ0) is 8.55. The van der Waals surface area contributed by atoms with E-state index in [-0.39, 0.29) is 0 Å². The van der Waals surface area contributed by atoms with E-state index in [2.05, 4.69) is 32.1 Å². The van der Waals surface area contributed by atoms with Crippen LogP contribution in [0.4, 0.5) is 0 Å². The Morgan fingerprint density at radius 3 is 2.92 bits per heavy atom. The lowest BCUT2D eigenvalue weighted by molar-refractivity contribution is 0.390. The Bertz CT molecular complexity index is 220. The zero-order valence-corrected chi connectivity index (χ0v) is 8.09. The Morgan fingerprint density at radius 2 is 2.17 bits per heavy atom. The van der Waals surface area contributed by atoms with Crippen LogP contribution in [-0.4, -0.2) is 0 Å². The molecule has 2 atom stereocenters. The van der Waals surface area contributed by atoms with E-state index < -0.39 is 0 Å². The Kier molecular flexibility index (Phi) is 2.08. The largest absolute Gasteiger partial charge is 0.0879 e. The molecule has 0 saturated heterocycles. The minimum atomic E-state index is 0.764. The predicted octanol–water partition coefficient (Wildman–Crippen LogP) is 3.55. The molecule has 0 radical (unpaired) electrons. The highest BCUT2D eigenvalue weighted by Crippen LogP contribution is 2.39. The first-order valence-electron chi connectivity index (χ1n) is 5.13. The third-order valence-electron chi connectivity index (χ3n) is 3.32. The number of hydrogen-bond acceptors (Lipinski definition) is 0. The van der Waals surface area contributed by atoms with Crippen LogP contribution >= 0.6 is 0 Å². The van der Waals surface area contributed by atoms with E-state index >= 15 is 0 Å². The van der Waals surface area contributed by atoms with Crippen molar-refractivity contribution in [3.63, 3.8) is 0 Å². The highest BCUT2D eigenvalue weighted by molar-refractivity contribution is 5.17. The SMILES string of the molecule is CC(C)C1=CC[C@@H]2CC=C[C@@H]2C1. The second-order valence-corrected chi connectivity index (χ2v) is 4.46. The van der Waals surface area contributed by atoms with Gasteiger partial charge in [0.05, 0.1) is 0 Å². The molecule has 0 amide bonds. The maximum atomic E-state index is 2.48. The lowest BCUT2D eigenvalue weighted by Crippen LogP contribution is -2.15. The summed E-state index contributed by atoms with van der Waals surface area (Å²) in [6.45, 7) is 4.62. The molecule has 0 N–H and O–H groups in total. The molecule has 2 aliphatic carbocycles. The fourth-order valence-electron chi connectivity index (χ4n) is 2.40. The van der Waals surface area contributed by atoms with E-state index in [0.717, 1.165) is 17.8 Å². The molecule has 0 aliphatic heterocycles. The number of allylic oxidation sites excluding steroid dienone is 4. The first kappa shape index (κ1) is 8.10. The number of fused-ring (bicyclic) bond motifs is 1. The van der Waals surface area contributed by atoms with Gasteiger partial charge in [0.2, 0.25) is 0 Å². The summed E-state index contributed by atoms with van der Waals surface area (Å²) in [5.74, 6) is 2.60. The van der Waals surface area contributed by atoms with Crippen molar-refractivity contribution in [3.05, 3.63) is 23.8 Å². The third kappa shape index (κ3) is 1.35. The van der Waals surface area contributed by atoms with Gasteiger partial charge in [0.15, 0.2) is 0 Å². The van der Waals surface area contributed by atoms with Crippen LogP contribution in [0.3, 0.4) is 0 Å². The predicted molar refractivity (Wildman–Crippen MR) is 52.9 cm³/mol. The molecule has 0 unspecified atom stereocenters. The Labute approximate surface area is 75.4 Å². The van der Waals surface area contributed by atoms with Crippen LogP contribution in [0.1, 0.15) is 33.1 Å². The summed E-state index contributed by atoms with van der Waals surface area (Å²) in [4.78, 5) is 0. The van der Waals surface area contributed by atoms with Gasteiger partial charge < -0.3 is 0 Å². The van der Waals surface area contributed by atoms with Crippen molar-refractivity contribution in [2.24, 2.45) is 17.8 Å². The normalized spacial score (nSPS) is 33.8. The fourth-order valence-corrected chi connectivity index (χ4v) is 2.40. The first-order chi connectivity index (χ1) is 5.77. The van der Waals surface area contributed by atoms with Crippen molar-refractivity contribution in [3.8, 4) is 0 Å². The van der Waals surface area contributed by atoms with Gasteiger partial charge in [0, 0.05) is 0 Å². The van der Waals surface area contributed by atoms with Gasteiger partial charge in [0.1, 0.15) is 0 Å². The van der Waals surface area contributed by atoms with Crippen LogP contribution in [0.15, 0.2) is 23.8 Å². The maximum absolute atomic E-state index is 2.48. The van der Waals surface area contributed by atoms with Crippen LogP contribution in [0.2, 0.25) is 0 Å². The molecule has 0 bridgehead atoms. The summed E-state index contributed by atoms with van der Waals surface area (Å²) < 4.78 is 0.